The zero-order chi connectivity index (χ0) is 19.2. The summed E-state index contributed by atoms with van der Waals surface area (Å²) < 4.78 is 5.39. The topological polar surface area (TPSA) is 64.3 Å². The standard InChI is InChI=1S/C20H33N5O2/c1-16(2)22-20(21-9-8-17-6-5-15-27-17)25-13-11-24(12-14-25)19(26)18-7-4-10-23(18)3/h5-6,15-16,18H,4,7-14H2,1-3H3,(H,21,22). The van der Waals surface area contributed by atoms with Crippen LogP contribution in [0.2, 0.25) is 0 Å². The van der Waals surface area contributed by atoms with Crippen molar-refractivity contribution in [1.29, 1.82) is 0 Å². The fourth-order valence-corrected chi connectivity index (χ4v) is 3.79. The van der Waals surface area contributed by atoms with Gasteiger partial charge in [-0.15, -0.1) is 0 Å². The Bertz CT molecular complexity index is 620. The summed E-state index contributed by atoms with van der Waals surface area (Å²) in [5.74, 6) is 2.18. The number of carbonyl (C=O) groups is 1. The van der Waals surface area contributed by atoms with Crippen molar-refractivity contribution in [2.75, 3.05) is 46.3 Å². The van der Waals surface area contributed by atoms with E-state index in [0.29, 0.717) is 18.5 Å². The second-order valence-corrected chi connectivity index (χ2v) is 7.78. The van der Waals surface area contributed by atoms with Crippen LogP contribution in [0.5, 0.6) is 0 Å². The molecule has 2 saturated heterocycles. The van der Waals surface area contributed by atoms with Crippen molar-refractivity contribution < 1.29 is 9.21 Å². The van der Waals surface area contributed by atoms with Crippen LogP contribution in [-0.4, -0.2) is 85.0 Å². The van der Waals surface area contributed by atoms with Crippen LogP contribution in [0.15, 0.2) is 27.8 Å². The summed E-state index contributed by atoms with van der Waals surface area (Å²) in [7, 11) is 2.06. The van der Waals surface area contributed by atoms with E-state index >= 15 is 0 Å². The highest BCUT2D eigenvalue weighted by Gasteiger charge is 2.33. The van der Waals surface area contributed by atoms with E-state index in [1.807, 2.05) is 17.0 Å². The van der Waals surface area contributed by atoms with E-state index < -0.39 is 0 Å². The molecule has 0 aromatic carbocycles. The Kier molecular flexibility index (Phi) is 6.77. The van der Waals surface area contributed by atoms with Crippen LogP contribution in [0.4, 0.5) is 0 Å². The van der Waals surface area contributed by atoms with Crippen molar-refractivity contribution in [3.63, 3.8) is 0 Å². The monoisotopic (exact) mass is 375 g/mol. The van der Waals surface area contributed by atoms with Gasteiger partial charge in [0.25, 0.3) is 0 Å². The van der Waals surface area contributed by atoms with Gasteiger partial charge in [0.2, 0.25) is 5.91 Å². The van der Waals surface area contributed by atoms with Crippen LogP contribution >= 0.6 is 0 Å². The van der Waals surface area contributed by atoms with Gasteiger partial charge in [0, 0.05) is 45.2 Å². The lowest BCUT2D eigenvalue weighted by Crippen LogP contribution is -2.57. The molecular formula is C20H33N5O2. The molecule has 1 atom stereocenters. The van der Waals surface area contributed by atoms with Crippen molar-refractivity contribution in [3.8, 4) is 0 Å². The highest BCUT2D eigenvalue weighted by molar-refractivity contribution is 5.83. The zero-order valence-corrected chi connectivity index (χ0v) is 16.9. The molecular weight excluding hydrogens is 342 g/mol. The molecule has 1 aromatic heterocycles. The number of hydrogen-bond acceptors (Lipinski definition) is 4. The summed E-state index contributed by atoms with van der Waals surface area (Å²) >= 11 is 0. The van der Waals surface area contributed by atoms with E-state index in [0.717, 1.165) is 63.7 Å². The van der Waals surface area contributed by atoms with Gasteiger partial charge in [-0.2, -0.15) is 0 Å². The van der Waals surface area contributed by atoms with Gasteiger partial charge < -0.3 is 19.5 Å². The third-order valence-electron chi connectivity index (χ3n) is 5.31. The van der Waals surface area contributed by atoms with Crippen LogP contribution in [0.1, 0.15) is 32.4 Å². The summed E-state index contributed by atoms with van der Waals surface area (Å²) in [6.45, 7) is 9.13. The highest BCUT2D eigenvalue weighted by atomic mass is 16.3. The number of nitrogens with one attached hydrogen (secondary N) is 1. The molecule has 3 rings (SSSR count). The Morgan fingerprint density at radius 2 is 2.00 bits per heavy atom. The Morgan fingerprint density at radius 3 is 2.59 bits per heavy atom. The Labute approximate surface area is 162 Å². The molecule has 3 heterocycles. The minimum absolute atomic E-state index is 0.0757. The number of aliphatic imine (C=N–C) groups is 1. The van der Waals surface area contributed by atoms with E-state index in [2.05, 4.69) is 36.0 Å². The van der Waals surface area contributed by atoms with Crippen molar-refractivity contribution in [3.05, 3.63) is 24.2 Å². The van der Waals surface area contributed by atoms with E-state index in [1.165, 1.54) is 0 Å². The van der Waals surface area contributed by atoms with Crippen LogP contribution in [0, 0.1) is 0 Å². The van der Waals surface area contributed by atoms with Crippen molar-refractivity contribution in [1.82, 2.24) is 20.0 Å². The van der Waals surface area contributed by atoms with Crippen molar-refractivity contribution in [2.24, 2.45) is 4.99 Å². The molecule has 0 radical (unpaired) electrons. The molecule has 7 nitrogen and oxygen atoms in total. The summed E-state index contributed by atoms with van der Waals surface area (Å²) in [5, 5.41) is 3.47. The van der Waals surface area contributed by atoms with Gasteiger partial charge in [0.1, 0.15) is 5.76 Å². The fourth-order valence-electron chi connectivity index (χ4n) is 3.79. The van der Waals surface area contributed by atoms with Crippen molar-refractivity contribution >= 4 is 11.9 Å². The number of rotatable bonds is 5. The van der Waals surface area contributed by atoms with Crippen LogP contribution < -0.4 is 5.32 Å². The molecule has 2 aliphatic rings. The number of nitrogens with zero attached hydrogens (tertiary/aromatic N) is 4. The number of furan rings is 1. The molecule has 7 heteroatoms. The molecule has 1 N–H and O–H groups in total. The maximum Gasteiger partial charge on any atom is 0.240 e. The molecule has 0 aliphatic carbocycles. The predicted molar refractivity (Wildman–Crippen MR) is 107 cm³/mol. The lowest BCUT2D eigenvalue weighted by Gasteiger charge is -2.38. The number of likely N-dealkylation sites (tertiary alicyclic amines) is 1. The third kappa shape index (κ3) is 5.25. The van der Waals surface area contributed by atoms with Crippen LogP contribution in [0.3, 0.4) is 0 Å². The Balaban J connectivity index is 1.54. The third-order valence-corrected chi connectivity index (χ3v) is 5.31. The van der Waals surface area contributed by atoms with Gasteiger partial charge in [0.15, 0.2) is 5.96 Å². The minimum atomic E-state index is 0.0757. The second kappa shape index (κ2) is 9.26. The number of amides is 1. The van der Waals surface area contributed by atoms with Gasteiger partial charge >= 0.3 is 0 Å². The summed E-state index contributed by atoms with van der Waals surface area (Å²) in [6, 6.07) is 4.28. The number of hydrogen-bond donors (Lipinski definition) is 1. The van der Waals surface area contributed by atoms with Gasteiger partial charge in [-0.3, -0.25) is 14.7 Å². The van der Waals surface area contributed by atoms with E-state index in [4.69, 9.17) is 9.41 Å². The molecule has 0 bridgehead atoms. The summed E-state index contributed by atoms with van der Waals surface area (Å²) in [5.41, 5.74) is 0. The normalized spacial score (nSPS) is 21.9. The predicted octanol–water partition coefficient (Wildman–Crippen LogP) is 1.41. The first kappa shape index (κ1) is 19.7. The SMILES string of the molecule is CC(C)NC(=NCCc1ccco1)N1CCN(C(=O)C2CCCN2C)CC1. The maximum atomic E-state index is 12.8. The van der Waals surface area contributed by atoms with Gasteiger partial charge in [0.05, 0.1) is 12.3 Å². The lowest BCUT2D eigenvalue weighted by atomic mass is 10.1. The first-order valence-electron chi connectivity index (χ1n) is 10.1. The molecule has 0 saturated carbocycles. The second-order valence-electron chi connectivity index (χ2n) is 7.78. The molecule has 1 unspecified atom stereocenters. The molecule has 2 aliphatic heterocycles. The van der Waals surface area contributed by atoms with E-state index in [-0.39, 0.29) is 6.04 Å². The average Bonchev–Trinajstić information content (AvgIpc) is 3.32. The zero-order valence-electron chi connectivity index (χ0n) is 16.9. The summed E-state index contributed by atoms with van der Waals surface area (Å²) in [6.07, 6.45) is 4.61. The van der Waals surface area contributed by atoms with Crippen LogP contribution in [-0.2, 0) is 11.2 Å². The van der Waals surface area contributed by atoms with Gasteiger partial charge in [-0.1, -0.05) is 0 Å². The van der Waals surface area contributed by atoms with E-state index in [1.54, 1.807) is 6.26 Å². The van der Waals surface area contributed by atoms with Crippen molar-refractivity contribution in [2.45, 2.75) is 45.2 Å². The molecule has 27 heavy (non-hydrogen) atoms. The lowest BCUT2D eigenvalue weighted by molar-refractivity contribution is -0.136. The minimum Gasteiger partial charge on any atom is -0.469 e. The Morgan fingerprint density at radius 1 is 1.26 bits per heavy atom. The first-order valence-corrected chi connectivity index (χ1v) is 10.1. The molecule has 1 aromatic rings. The van der Waals surface area contributed by atoms with E-state index in [9.17, 15) is 4.79 Å². The quantitative estimate of drug-likeness (QED) is 0.623. The Hall–Kier alpha value is -2.02. The van der Waals surface area contributed by atoms with Gasteiger partial charge in [-0.25, -0.2) is 0 Å². The smallest absolute Gasteiger partial charge is 0.240 e. The maximum absolute atomic E-state index is 12.8. The number of piperazine rings is 1. The number of guanidine groups is 1. The molecule has 150 valence electrons. The fraction of sp³-hybridized carbons (Fsp3) is 0.700. The molecule has 0 spiro atoms. The first-order chi connectivity index (χ1) is 13.0. The average molecular weight is 376 g/mol. The number of likely N-dealkylation sites (N-methyl/N-ethyl adjacent to an activating group) is 1. The largest absolute Gasteiger partial charge is 0.469 e. The highest BCUT2D eigenvalue weighted by Crippen LogP contribution is 2.18. The molecule has 2 fully saturated rings. The molecule has 1 amide bonds. The van der Waals surface area contributed by atoms with Gasteiger partial charge in [-0.05, 0) is 52.4 Å². The number of carbonyl (C=O) groups excluding carboxylic acids is 1. The summed E-state index contributed by atoms with van der Waals surface area (Å²) in [4.78, 5) is 24.0. The van der Waals surface area contributed by atoms with Crippen LogP contribution in [0.25, 0.3) is 0 Å².